The number of hydrogen-bond donors (Lipinski definition) is 0. The van der Waals surface area contributed by atoms with Gasteiger partial charge in [0.1, 0.15) is 11.3 Å². The zero-order valence-electron chi connectivity index (χ0n) is 9.09. The number of aryl methyl sites for hydroxylation is 1. The summed E-state index contributed by atoms with van der Waals surface area (Å²) in [5, 5.41) is 2.81. The van der Waals surface area contributed by atoms with Crippen LogP contribution in [0.5, 0.6) is 0 Å². The van der Waals surface area contributed by atoms with Gasteiger partial charge in [0.2, 0.25) is 0 Å². The van der Waals surface area contributed by atoms with Gasteiger partial charge in [-0.3, -0.25) is 0 Å². The predicted octanol–water partition coefficient (Wildman–Crippen LogP) is 2.98. The number of aldehydes is 1. The van der Waals surface area contributed by atoms with Gasteiger partial charge in [0.25, 0.3) is 0 Å². The fraction of sp³-hybridized carbons (Fsp3) is 0.231. The van der Waals surface area contributed by atoms with Crippen LogP contribution in [-0.2, 0) is 11.2 Å². The molecule has 0 N–H and O–H groups in total. The molecular weight excluding hydrogens is 218 g/mol. The van der Waals surface area contributed by atoms with Crippen LogP contribution in [0.25, 0.3) is 0 Å². The minimum absolute atomic E-state index is 0.110. The second-order valence-corrected chi connectivity index (χ2v) is 4.67. The van der Waals surface area contributed by atoms with E-state index in [1.165, 1.54) is 22.5 Å². The van der Waals surface area contributed by atoms with Gasteiger partial charge in [0, 0.05) is 11.6 Å². The summed E-state index contributed by atoms with van der Waals surface area (Å²) in [7, 11) is 0. The van der Waals surface area contributed by atoms with Gasteiger partial charge in [-0.25, -0.2) is 4.98 Å². The van der Waals surface area contributed by atoms with Crippen molar-refractivity contribution in [3.8, 4) is 0 Å². The maximum atomic E-state index is 11.1. The molecule has 2 rings (SSSR count). The second kappa shape index (κ2) is 5.03. The number of nitrogens with zero attached hydrogens (tertiary/aromatic N) is 1. The van der Waals surface area contributed by atoms with E-state index in [1.807, 2.05) is 17.5 Å². The van der Waals surface area contributed by atoms with Gasteiger partial charge < -0.3 is 4.79 Å². The molecule has 2 nitrogen and oxygen atoms in total. The molecule has 1 atom stereocenters. The number of benzene rings is 1. The van der Waals surface area contributed by atoms with Crippen LogP contribution in [-0.4, -0.2) is 11.3 Å². The van der Waals surface area contributed by atoms with Crippen LogP contribution in [0.3, 0.4) is 0 Å². The largest absolute Gasteiger partial charge is 0.303 e. The third kappa shape index (κ3) is 2.36. The highest BCUT2D eigenvalue weighted by molar-refractivity contribution is 7.09. The summed E-state index contributed by atoms with van der Waals surface area (Å²) >= 11 is 1.54. The topological polar surface area (TPSA) is 30.0 Å². The van der Waals surface area contributed by atoms with E-state index in [9.17, 15) is 4.79 Å². The number of carbonyl (C=O) groups is 1. The summed E-state index contributed by atoms with van der Waals surface area (Å²) in [4.78, 5) is 15.3. The molecule has 0 amide bonds. The van der Waals surface area contributed by atoms with Gasteiger partial charge in [-0.05, 0) is 24.5 Å². The molecule has 0 bridgehead atoms. The van der Waals surface area contributed by atoms with Crippen LogP contribution in [0.4, 0.5) is 0 Å². The molecule has 0 saturated heterocycles. The highest BCUT2D eigenvalue weighted by atomic mass is 32.1. The molecule has 0 aliphatic heterocycles. The Labute approximate surface area is 99.0 Å². The van der Waals surface area contributed by atoms with Crippen LogP contribution < -0.4 is 0 Å². The normalized spacial score (nSPS) is 12.3. The molecule has 3 heteroatoms. The molecule has 1 heterocycles. The lowest BCUT2D eigenvalue weighted by atomic mass is 9.98. The third-order valence-corrected chi connectivity index (χ3v) is 3.54. The third-order valence-electron chi connectivity index (χ3n) is 2.63. The number of thiazole rings is 1. The average molecular weight is 231 g/mol. The molecule has 0 aliphatic rings. The zero-order valence-corrected chi connectivity index (χ0v) is 9.91. The first-order chi connectivity index (χ1) is 7.81. The standard InChI is InChI=1S/C13H13NOS/c1-10-4-2-3-5-11(10)8-12(9-15)13-14-6-7-16-13/h2-7,9,12H,8H2,1H3. The van der Waals surface area contributed by atoms with Gasteiger partial charge in [0.15, 0.2) is 0 Å². The summed E-state index contributed by atoms with van der Waals surface area (Å²) in [6.45, 7) is 2.07. The lowest BCUT2D eigenvalue weighted by Gasteiger charge is -2.09. The molecule has 0 aliphatic carbocycles. The van der Waals surface area contributed by atoms with Crippen molar-refractivity contribution in [1.82, 2.24) is 4.98 Å². The number of rotatable bonds is 4. The fourth-order valence-electron chi connectivity index (χ4n) is 1.69. The maximum absolute atomic E-state index is 11.1. The first-order valence-corrected chi connectivity index (χ1v) is 6.08. The Morgan fingerprint density at radius 1 is 1.44 bits per heavy atom. The van der Waals surface area contributed by atoms with Crippen molar-refractivity contribution in [1.29, 1.82) is 0 Å². The van der Waals surface area contributed by atoms with E-state index < -0.39 is 0 Å². The van der Waals surface area contributed by atoms with Crippen LogP contribution in [0.2, 0.25) is 0 Å². The highest BCUT2D eigenvalue weighted by Gasteiger charge is 2.14. The number of aromatic nitrogens is 1. The van der Waals surface area contributed by atoms with Crippen LogP contribution in [0.1, 0.15) is 22.1 Å². The monoisotopic (exact) mass is 231 g/mol. The minimum Gasteiger partial charge on any atom is -0.303 e. The summed E-state index contributed by atoms with van der Waals surface area (Å²) in [5.74, 6) is -0.110. The van der Waals surface area contributed by atoms with Crippen LogP contribution in [0, 0.1) is 6.92 Å². The Morgan fingerprint density at radius 2 is 2.25 bits per heavy atom. The van der Waals surface area contributed by atoms with E-state index >= 15 is 0 Å². The van der Waals surface area contributed by atoms with Crippen LogP contribution in [0.15, 0.2) is 35.8 Å². The van der Waals surface area contributed by atoms with E-state index in [1.54, 1.807) is 6.20 Å². The van der Waals surface area contributed by atoms with Crippen molar-refractivity contribution < 1.29 is 4.79 Å². The Balaban J connectivity index is 2.20. The summed E-state index contributed by atoms with van der Waals surface area (Å²) < 4.78 is 0. The van der Waals surface area contributed by atoms with Crippen molar-refractivity contribution in [2.24, 2.45) is 0 Å². The minimum atomic E-state index is -0.110. The first-order valence-electron chi connectivity index (χ1n) is 5.20. The van der Waals surface area contributed by atoms with E-state index in [0.717, 1.165) is 17.7 Å². The zero-order chi connectivity index (χ0) is 11.4. The fourth-order valence-corrected chi connectivity index (χ4v) is 2.38. The molecule has 16 heavy (non-hydrogen) atoms. The maximum Gasteiger partial charge on any atom is 0.130 e. The van der Waals surface area contributed by atoms with E-state index in [-0.39, 0.29) is 5.92 Å². The van der Waals surface area contributed by atoms with Crippen molar-refractivity contribution in [3.05, 3.63) is 52.0 Å². The van der Waals surface area contributed by atoms with Crippen molar-refractivity contribution in [3.63, 3.8) is 0 Å². The Hall–Kier alpha value is -1.48. The van der Waals surface area contributed by atoms with Gasteiger partial charge >= 0.3 is 0 Å². The molecule has 0 radical (unpaired) electrons. The SMILES string of the molecule is Cc1ccccc1CC(C=O)c1nccs1. The predicted molar refractivity (Wildman–Crippen MR) is 65.8 cm³/mol. The molecule has 1 unspecified atom stereocenters. The molecule has 82 valence electrons. The Kier molecular flexibility index (Phi) is 3.47. The molecule has 2 aromatic rings. The molecule has 0 spiro atoms. The molecule has 1 aromatic carbocycles. The number of hydrogen-bond acceptors (Lipinski definition) is 3. The van der Waals surface area contributed by atoms with Crippen LogP contribution >= 0.6 is 11.3 Å². The summed E-state index contributed by atoms with van der Waals surface area (Å²) in [6.07, 6.45) is 3.48. The van der Waals surface area contributed by atoms with Gasteiger partial charge in [0.05, 0.1) is 5.92 Å². The molecule has 1 aromatic heterocycles. The number of carbonyl (C=O) groups excluding carboxylic acids is 1. The average Bonchev–Trinajstić information content (AvgIpc) is 2.81. The van der Waals surface area contributed by atoms with Crippen molar-refractivity contribution in [2.45, 2.75) is 19.3 Å². The lowest BCUT2D eigenvalue weighted by Crippen LogP contribution is -2.05. The summed E-state index contributed by atoms with van der Waals surface area (Å²) in [6, 6.07) is 8.16. The van der Waals surface area contributed by atoms with Crippen molar-refractivity contribution >= 4 is 17.6 Å². The molecule has 0 fully saturated rings. The smallest absolute Gasteiger partial charge is 0.130 e. The van der Waals surface area contributed by atoms with E-state index in [4.69, 9.17) is 0 Å². The second-order valence-electron chi connectivity index (χ2n) is 3.74. The molecule has 0 saturated carbocycles. The van der Waals surface area contributed by atoms with Gasteiger partial charge in [-0.2, -0.15) is 0 Å². The molecular formula is C13H13NOS. The lowest BCUT2D eigenvalue weighted by molar-refractivity contribution is -0.109. The Bertz CT molecular complexity index is 465. The van der Waals surface area contributed by atoms with Gasteiger partial charge in [-0.15, -0.1) is 11.3 Å². The van der Waals surface area contributed by atoms with Gasteiger partial charge in [-0.1, -0.05) is 24.3 Å². The quantitative estimate of drug-likeness (QED) is 0.757. The van der Waals surface area contributed by atoms with Crippen molar-refractivity contribution in [2.75, 3.05) is 0 Å². The highest BCUT2D eigenvalue weighted by Crippen LogP contribution is 2.22. The van der Waals surface area contributed by atoms with E-state index in [0.29, 0.717) is 0 Å². The van der Waals surface area contributed by atoms with E-state index in [2.05, 4.69) is 24.0 Å². The Morgan fingerprint density at radius 3 is 2.88 bits per heavy atom. The first kappa shape index (κ1) is 11.0. The summed E-state index contributed by atoms with van der Waals surface area (Å²) in [5.41, 5.74) is 2.45.